The van der Waals surface area contributed by atoms with Crippen molar-refractivity contribution in [2.75, 3.05) is 24.2 Å². The van der Waals surface area contributed by atoms with E-state index in [1.165, 1.54) is 0 Å². The van der Waals surface area contributed by atoms with Gasteiger partial charge in [-0.1, -0.05) is 6.92 Å². The molecule has 2 aromatic heterocycles. The summed E-state index contributed by atoms with van der Waals surface area (Å²) in [7, 11) is 1.97. The minimum Gasteiger partial charge on any atom is -0.368 e. The second-order valence-corrected chi connectivity index (χ2v) is 3.43. The van der Waals surface area contributed by atoms with Gasteiger partial charge in [0.05, 0.1) is 6.33 Å². The van der Waals surface area contributed by atoms with Crippen molar-refractivity contribution in [1.82, 2.24) is 19.9 Å². The van der Waals surface area contributed by atoms with E-state index in [-0.39, 0.29) is 5.95 Å². The van der Waals surface area contributed by atoms with E-state index in [2.05, 4.69) is 26.9 Å². The fraction of sp³-hybridized carbons (Fsp3) is 0.444. The Morgan fingerprint density at radius 2 is 2.27 bits per heavy atom. The second kappa shape index (κ2) is 3.72. The molecule has 6 nitrogen and oxygen atoms in total. The van der Waals surface area contributed by atoms with Crippen molar-refractivity contribution in [3.05, 3.63) is 6.33 Å². The van der Waals surface area contributed by atoms with Crippen molar-refractivity contribution in [3.8, 4) is 0 Å². The minimum absolute atomic E-state index is 0.268. The van der Waals surface area contributed by atoms with Crippen LogP contribution in [0.1, 0.15) is 13.3 Å². The molecule has 0 aliphatic heterocycles. The molecular formula is C9H14N6. The molecule has 0 saturated carbocycles. The molecule has 0 spiro atoms. The Morgan fingerprint density at radius 1 is 1.47 bits per heavy atom. The van der Waals surface area contributed by atoms with Gasteiger partial charge in [0.2, 0.25) is 5.95 Å². The van der Waals surface area contributed by atoms with E-state index in [4.69, 9.17) is 5.73 Å². The molecule has 0 saturated heterocycles. The highest BCUT2D eigenvalue weighted by molar-refractivity contribution is 5.83. The van der Waals surface area contributed by atoms with Crippen molar-refractivity contribution < 1.29 is 0 Å². The summed E-state index contributed by atoms with van der Waals surface area (Å²) in [6.07, 6.45) is 2.65. The van der Waals surface area contributed by atoms with Crippen molar-refractivity contribution >= 4 is 22.9 Å². The van der Waals surface area contributed by atoms with E-state index in [0.29, 0.717) is 5.65 Å². The van der Waals surface area contributed by atoms with Gasteiger partial charge in [0, 0.05) is 13.6 Å². The normalized spacial score (nSPS) is 10.8. The zero-order valence-electron chi connectivity index (χ0n) is 8.86. The summed E-state index contributed by atoms with van der Waals surface area (Å²) < 4.78 is 0. The number of aromatic nitrogens is 4. The fourth-order valence-electron chi connectivity index (χ4n) is 1.54. The lowest BCUT2D eigenvalue weighted by Crippen LogP contribution is -2.20. The standard InChI is InChI=1S/C9H14N6/c1-3-4-15(2)8-6-7(12-5-11-6)13-9(10)14-8/h5H,3-4H2,1-2H3,(H3,10,11,12,13,14). The quantitative estimate of drug-likeness (QED) is 0.775. The van der Waals surface area contributed by atoms with Gasteiger partial charge in [0.1, 0.15) is 0 Å². The number of aromatic amines is 1. The average molecular weight is 206 g/mol. The summed E-state index contributed by atoms with van der Waals surface area (Å²) in [5, 5.41) is 0. The first-order chi connectivity index (χ1) is 7.22. The summed E-state index contributed by atoms with van der Waals surface area (Å²) in [5.41, 5.74) is 7.07. The van der Waals surface area contributed by atoms with E-state index < -0.39 is 0 Å². The average Bonchev–Trinajstić information content (AvgIpc) is 2.64. The van der Waals surface area contributed by atoms with Gasteiger partial charge < -0.3 is 15.6 Å². The predicted molar refractivity (Wildman–Crippen MR) is 59.7 cm³/mol. The second-order valence-electron chi connectivity index (χ2n) is 3.43. The number of nitrogens with two attached hydrogens (primary N) is 1. The molecule has 15 heavy (non-hydrogen) atoms. The molecule has 80 valence electrons. The summed E-state index contributed by atoms with van der Waals surface area (Å²) in [6, 6.07) is 0. The van der Waals surface area contributed by atoms with Crippen molar-refractivity contribution in [2.24, 2.45) is 0 Å². The molecule has 0 bridgehead atoms. The van der Waals surface area contributed by atoms with Gasteiger partial charge in [0.25, 0.3) is 0 Å². The Kier molecular flexibility index (Phi) is 2.40. The van der Waals surface area contributed by atoms with Gasteiger partial charge in [-0.3, -0.25) is 0 Å². The van der Waals surface area contributed by atoms with Crippen LogP contribution >= 0.6 is 0 Å². The third-order valence-electron chi connectivity index (χ3n) is 2.20. The number of nitrogens with zero attached hydrogens (tertiary/aromatic N) is 4. The summed E-state index contributed by atoms with van der Waals surface area (Å²) in [5.74, 6) is 1.05. The van der Waals surface area contributed by atoms with Gasteiger partial charge in [-0.15, -0.1) is 0 Å². The monoisotopic (exact) mass is 206 g/mol. The van der Waals surface area contributed by atoms with Gasteiger partial charge in [0.15, 0.2) is 17.0 Å². The zero-order chi connectivity index (χ0) is 10.8. The minimum atomic E-state index is 0.268. The van der Waals surface area contributed by atoms with Crippen LogP contribution in [-0.2, 0) is 0 Å². The van der Waals surface area contributed by atoms with Crippen LogP contribution in [0.5, 0.6) is 0 Å². The lowest BCUT2D eigenvalue weighted by molar-refractivity contribution is 0.840. The molecule has 0 aromatic carbocycles. The van der Waals surface area contributed by atoms with Crippen molar-refractivity contribution in [1.29, 1.82) is 0 Å². The van der Waals surface area contributed by atoms with Crippen LogP contribution in [0.4, 0.5) is 11.8 Å². The smallest absolute Gasteiger partial charge is 0.224 e. The first-order valence-corrected chi connectivity index (χ1v) is 4.90. The van der Waals surface area contributed by atoms with E-state index in [1.54, 1.807) is 6.33 Å². The van der Waals surface area contributed by atoms with E-state index in [1.807, 2.05) is 11.9 Å². The van der Waals surface area contributed by atoms with Crippen molar-refractivity contribution in [3.63, 3.8) is 0 Å². The van der Waals surface area contributed by atoms with Crippen LogP contribution in [0.15, 0.2) is 6.33 Å². The highest BCUT2D eigenvalue weighted by Crippen LogP contribution is 2.20. The lowest BCUT2D eigenvalue weighted by atomic mass is 10.4. The molecule has 3 N–H and O–H groups in total. The first-order valence-electron chi connectivity index (χ1n) is 4.90. The van der Waals surface area contributed by atoms with Crippen LogP contribution in [0.25, 0.3) is 11.2 Å². The zero-order valence-corrected chi connectivity index (χ0v) is 8.86. The maximum atomic E-state index is 5.62. The van der Waals surface area contributed by atoms with Gasteiger partial charge in [-0.2, -0.15) is 9.97 Å². The molecule has 0 amide bonds. The summed E-state index contributed by atoms with van der Waals surface area (Å²) in [6.45, 7) is 3.03. The molecule has 2 heterocycles. The Hall–Kier alpha value is -1.85. The van der Waals surface area contributed by atoms with Crippen LogP contribution in [0.3, 0.4) is 0 Å². The Morgan fingerprint density at radius 3 is 3.00 bits per heavy atom. The third kappa shape index (κ3) is 1.70. The molecule has 6 heteroatoms. The third-order valence-corrected chi connectivity index (χ3v) is 2.20. The van der Waals surface area contributed by atoms with Gasteiger partial charge in [-0.25, -0.2) is 4.98 Å². The number of anilines is 2. The van der Waals surface area contributed by atoms with Gasteiger partial charge >= 0.3 is 0 Å². The molecule has 0 aliphatic rings. The number of H-pyrrole nitrogens is 1. The van der Waals surface area contributed by atoms with Crippen LogP contribution in [0, 0.1) is 0 Å². The summed E-state index contributed by atoms with van der Waals surface area (Å²) in [4.78, 5) is 17.4. The summed E-state index contributed by atoms with van der Waals surface area (Å²) >= 11 is 0. The van der Waals surface area contributed by atoms with E-state index in [0.717, 1.165) is 24.3 Å². The van der Waals surface area contributed by atoms with Crippen molar-refractivity contribution in [2.45, 2.75) is 13.3 Å². The Bertz CT molecular complexity index is 463. The number of nitrogens with one attached hydrogen (secondary N) is 1. The molecule has 2 rings (SSSR count). The molecule has 2 aromatic rings. The van der Waals surface area contributed by atoms with Crippen LogP contribution in [-0.4, -0.2) is 33.5 Å². The molecular weight excluding hydrogens is 192 g/mol. The number of fused-ring (bicyclic) bond motifs is 1. The number of hydrogen-bond acceptors (Lipinski definition) is 5. The lowest BCUT2D eigenvalue weighted by Gasteiger charge is -2.17. The maximum absolute atomic E-state index is 5.62. The highest BCUT2D eigenvalue weighted by Gasteiger charge is 2.11. The molecule has 0 unspecified atom stereocenters. The number of rotatable bonds is 3. The largest absolute Gasteiger partial charge is 0.368 e. The SMILES string of the molecule is CCCN(C)c1nc(N)nc2[nH]cnc12. The first kappa shape index (κ1) is 9.70. The van der Waals surface area contributed by atoms with Crippen LogP contribution < -0.4 is 10.6 Å². The molecule has 0 aliphatic carbocycles. The number of imidazole rings is 1. The van der Waals surface area contributed by atoms with Gasteiger partial charge in [-0.05, 0) is 6.42 Å². The highest BCUT2D eigenvalue weighted by atomic mass is 15.2. The number of hydrogen-bond donors (Lipinski definition) is 2. The van der Waals surface area contributed by atoms with E-state index >= 15 is 0 Å². The topological polar surface area (TPSA) is 83.7 Å². The molecule has 0 atom stereocenters. The number of nitrogen functional groups attached to an aromatic ring is 1. The molecule has 0 radical (unpaired) electrons. The predicted octanol–water partition coefficient (Wildman–Crippen LogP) is 0.781. The van der Waals surface area contributed by atoms with Crippen LogP contribution in [0.2, 0.25) is 0 Å². The molecule has 0 fully saturated rings. The Balaban J connectivity index is 2.52. The Labute approximate surface area is 87.5 Å². The van der Waals surface area contributed by atoms with E-state index in [9.17, 15) is 0 Å². The fourth-order valence-corrected chi connectivity index (χ4v) is 1.54. The maximum Gasteiger partial charge on any atom is 0.224 e.